The Labute approximate surface area is 118 Å². The van der Waals surface area contributed by atoms with E-state index in [1.165, 1.54) is 0 Å². The summed E-state index contributed by atoms with van der Waals surface area (Å²) in [4.78, 5) is 0. The molecule has 3 aromatic rings. The molecule has 0 spiro atoms. The molecule has 20 heavy (non-hydrogen) atoms. The summed E-state index contributed by atoms with van der Waals surface area (Å²) in [6.07, 6.45) is 1.62. The van der Waals surface area contributed by atoms with E-state index in [0.717, 1.165) is 27.0 Å². The predicted molar refractivity (Wildman–Crippen MR) is 81.0 cm³/mol. The Hall–Kier alpha value is -2.61. The van der Waals surface area contributed by atoms with E-state index in [4.69, 9.17) is 0 Å². The number of hydrogen-bond acceptors (Lipinski definition) is 1. The van der Waals surface area contributed by atoms with Crippen molar-refractivity contribution in [2.75, 3.05) is 0 Å². The van der Waals surface area contributed by atoms with Gasteiger partial charge in [-0.3, -0.25) is 0 Å². The number of benzene rings is 2. The minimum atomic E-state index is 0.697. The molecule has 2 aromatic carbocycles. The van der Waals surface area contributed by atoms with Crippen molar-refractivity contribution < 1.29 is 4.73 Å². The molecular formula is C18H15NO. The third-order valence-corrected chi connectivity index (χ3v) is 3.30. The van der Waals surface area contributed by atoms with Gasteiger partial charge in [-0.2, -0.15) is 4.73 Å². The van der Waals surface area contributed by atoms with E-state index in [9.17, 15) is 5.21 Å². The van der Waals surface area contributed by atoms with Crippen LogP contribution in [0.4, 0.5) is 0 Å². The van der Waals surface area contributed by atoms with Crippen LogP contribution in [-0.2, 0) is 0 Å². The van der Waals surface area contributed by atoms with Crippen molar-refractivity contribution in [3.8, 4) is 22.4 Å². The molecule has 0 bridgehead atoms. The van der Waals surface area contributed by atoms with E-state index in [2.05, 4.69) is 6.07 Å². The molecule has 0 radical (unpaired) electrons. The van der Waals surface area contributed by atoms with E-state index >= 15 is 0 Å². The molecule has 98 valence electrons. The van der Waals surface area contributed by atoms with Crippen molar-refractivity contribution in [2.24, 2.45) is 0 Å². The topological polar surface area (TPSA) is 26.9 Å². The van der Waals surface area contributed by atoms with Crippen LogP contribution in [0.5, 0.6) is 0 Å². The fraction of sp³-hybridized carbons (Fsp3) is 0.0556. The molecule has 2 heteroatoms. The Morgan fingerprint density at radius 2 is 1.35 bits per heavy atom. The minimum absolute atomic E-state index is 0.697. The van der Waals surface area contributed by atoms with Crippen molar-refractivity contribution in [1.82, 2.24) is 0 Å². The van der Waals surface area contributed by atoms with Crippen LogP contribution in [0.25, 0.3) is 22.4 Å². The van der Waals surface area contributed by atoms with Crippen LogP contribution >= 0.6 is 0 Å². The van der Waals surface area contributed by atoms with Gasteiger partial charge in [-0.1, -0.05) is 48.5 Å². The summed E-state index contributed by atoms with van der Waals surface area (Å²) in [6, 6.07) is 21.9. The molecule has 0 atom stereocenters. The van der Waals surface area contributed by atoms with Crippen LogP contribution in [0.15, 0.2) is 72.9 Å². The maximum atomic E-state index is 12.4. The molecule has 0 unspecified atom stereocenters. The van der Waals surface area contributed by atoms with Gasteiger partial charge < -0.3 is 5.21 Å². The fourth-order valence-electron chi connectivity index (χ4n) is 2.42. The second kappa shape index (κ2) is 5.17. The van der Waals surface area contributed by atoms with Gasteiger partial charge in [0.1, 0.15) is 0 Å². The van der Waals surface area contributed by atoms with Gasteiger partial charge in [0.05, 0.1) is 5.56 Å². The molecule has 2 nitrogen and oxygen atoms in total. The molecule has 0 saturated carbocycles. The predicted octanol–water partition coefficient (Wildman–Crippen LogP) is 3.96. The molecular weight excluding hydrogens is 246 g/mol. The summed E-state index contributed by atoms with van der Waals surface area (Å²) >= 11 is 0. The second-order valence-corrected chi connectivity index (χ2v) is 4.84. The quantitative estimate of drug-likeness (QED) is 0.506. The van der Waals surface area contributed by atoms with Gasteiger partial charge in [-0.25, -0.2) is 0 Å². The van der Waals surface area contributed by atoms with Crippen LogP contribution < -0.4 is 4.73 Å². The highest BCUT2D eigenvalue weighted by atomic mass is 16.5. The Morgan fingerprint density at radius 3 is 1.95 bits per heavy atom. The SMILES string of the molecule is Cc1cc(-c2ccccc2)c(-c2ccccc2)[n+]([O-])c1. The molecule has 0 aliphatic carbocycles. The van der Waals surface area contributed by atoms with E-state index in [1.807, 2.05) is 67.6 Å². The smallest absolute Gasteiger partial charge is 0.231 e. The minimum Gasteiger partial charge on any atom is -0.618 e. The standard InChI is InChI=1S/C18H15NO/c1-14-12-17(15-8-4-2-5-9-15)18(19(20)13-14)16-10-6-3-7-11-16/h2-13H,1H3. The molecule has 0 aliphatic heterocycles. The Bertz CT molecular complexity index is 721. The Kier molecular flexibility index (Phi) is 3.21. The lowest BCUT2D eigenvalue weighted by Gasteiger charge is -2.11. The van der Waals surface area contributed by atoms with Gasteiger partial charge in [0, 0.05) is 11.1 Å². The van der Waals surface area contributed by atoms with Gasteiger partial charge in [0.25, 0.3) is 0 Å². The largest absolute Gasteiger partial charge is 0.618 e. The zero-order valence-corrected chi connectivity index (χ0v) is 11.3. The van der Waals surface area contributed by atoms with Gasteiger partial charge >= 0.3 is 0 Å². The summed E-state index contributed by atoms with van der Waals surface area (Å²) in [6.45, 7) is 1.94. The first-order valence-electron chi connectivity index (χ1n) is 6.60. The summed E-state index contributed by atoms with van der Waals surface area (Å²) in [5.74, 6) is 0. The molecule has 1 aromatic heterocycles. The van der Waals surface area contributed by atoms with E-state index in [1.54, 1.807) is 6.20 Å². The first-order valence-corrected chi connectivity index (χ1v) is 6.60. The van der Waals surface area contributed by atoms with Crippen molar-refractivity contribution in [1.29, 1.82) is 0 Å². The molecule has 1 heterocycles. The summed E-state index contributed by atoms with van der Waals surface area (Å²) in [5, 5.41) is 12.4. The van der Waals surface area contributed by atoms with Crippen molar-refractivity contribution >= 4 is 0 Å². The molecule has 3 rings (SSSR count). The Morgan fingerprint density at radius 1 is 0.800 bits per heavy atom. The maximum Gasteiger partial charge on any atom is 0.231 e. The number of hydrogen-bond donors (Lipinski definition) is 0. The summed E-state index contributed by atoms with van der Waals surface area (Å²) in [7, 11) is 0. The van der Waals surface area contributed by atoms with Crippen molar-refractivity contribution in [2.45, 2.75) is 6.92 Å². The monoisotopic (exact) mass is 261 g/mol. The molecule has 0 aliphatic rings. The van der Waals surface area contributed by atoms with Crippen molar-refractivity contribution in [3.63, 3.8) is 0 Å². The third-order valence-electron chi connectivity index (χ3n) is 3.30. The average molecular weight is 261 g/mol. The van der Waals surface area contributed by atoms with E-state index < -0.39 is 0 Å². The second-order valence-electron chi connectivity index (χ2n) is 4.84. The molecule has 0 amide bonds. The summed E-state index contributed by atoms with van der Waals surface area (Å²) in [5.41, 5.74) is 4.61. The van der Waals surface area contributed by atoms with Gasteiger partial charge in [0.15, 0.2) is 6.20 Å². The van der Waals surface area contributed by atoms with Gasteiger partial charge in [-0.05, 0) is 30.7 Å². The van der Waals surface area contributed by atoms with Crippen LogP contribution in [0.1, 0.15) is 5.56 Å². The number of nitrogens with zero attached hydrogens (tertiary/aromatic N) is 1. The van der Waals surface area contributed by atoms with Crippen LogP contribution in [0, 0.1) is 12.1 Å². The van der Waals surface area contributed by atoms with Crippen molar-refractivity contribution in [3.05, 3.63) is 83.7 Å². The van der Waals surface area contributed by atoms with Gasteiger partial charge in [-0.15, -0.1) is 0 Å². The molecule has 0 saturated heterocycles. The maximum absolute atomic E-state index is 12.4. The zero-order valence-electron chi connectivity index (χ0n) is 11.3. The highest BCUT2D eigenvalue weighted by molar-refractivity contribution is 5.79. The first-order chi connectivity index (χ1) is 9.75. The van der Waals surface area contributed by atoms with Gasteiger partial charge in [0.2, 0.25) is 5.69 Å². The zero-order chi connectivity index (χ0) is 13.9. The lowest BCUT2D eigenvalue weighted by molar-refractivity contribution is -0.593. The highest BCUT2D eigenvalue weighted by Gasteiger charge is 2.17. The van der Waals surface area contributed by atoms with Crippen LogP contribution in [0.3, 0.4) is 0 Å². The summed E-state index contributed by atoms with van der Waals surface area (Å²) < 4.78 is 0.965. The molecule has 0 N–H and O–H groups in total. The fourth-order valence-corrected chi connectivity index (χ4v) is 2.42. The Balaban J connectivity index is 2.29. The average Bonchev–Trinajstić information content (AvgIpc) is 2.48. The first kappa shape index (κ1) is 12.4. The highest BCUT2D eigenvalue weighted by Crippen LogP contribution is 2.29. The number of rotatable bonds is 2. The lowest BCUT2D eigenvalue weighted by atomic mass is 9.98. The third kappa shape index (κ3) is 2.28. The molecule has 0 fully saturated rings. The number of aryl methyl sites for hydroxylation is 1. The number of aromatic nitrogens is 1. The van der Waals surface area contributed by atoms with Crippen LogP contribution in [0.2, 0.25) is 0 Å². The number of pyridine rings is 1. The van der Waals surface area contributed by atoms with E-state index in [-0.39, 0.29) is 0 Å². The van der Waals surface area contributed by atoms with Crippen LogP contribution in [-0.4, -0.2) is 0 Å². The van der Waals surface area contributed by atoms with E-state index in [0.29, 0.717) is 5.69 Å². The normalized spacial score (nSPS) is 10.4. The lowest BCUT2D eigenvalue weighted by Crippen LogP contribution is -2.29.